The van der Waals surface area contributed by atoms with Crippen molar-refractivity contribution in [3.63, 3.8) is 0 Å². The van der Waals surface area contributed by atoms with Crippen LogP contribution in [0, 0.1) is 5.92 Å². The maximum atomic E-state index is 12.3. The average molecular weight is 303 g/mol. The Bertz CT molecular complexity index is 691. The van der Waals surface area contributed by atoms with Gasteiger partial charge in [-0.25, -0.2) is 0 Å². The van der Waals surface area contributed by atoms with Gasteiger partial charge in [-0.2, -0.15) is 0 Å². The van der Waals surface area contributed by atoms with Gasteiger partial charge in [0.2, 0.25) is 5.91 Å². The highest BCUT2D eigenvalue weighted by molar-refractivity contribution is 6.01. The summed E-state index contributed by atoms with van der Waals surface area (Å²) in [7, 11) is 1.58. The minimum absolute atomic E-state index is 0.251. The molecule has 0 aliphatic carbocycles. The fraction of sp³-hybridized carbons (Fsp3) is 0.375. The second kappa shape index (κ2) is 6.51. The molecule has 0 unspecified atom stereocenters. The number of amides is 2. The molecule has 6 nitrogen and oxygen atoms in total. The number of H-pyrrole nitrogens is 1. The van der Waals surface area contributed by atoms with E-state index in [4.69, 9.17) is 10.5 Å². The molecule has 1 atom stereocenters. The van der Waals surface area contributed by atoms with E-state index in [0.29, 0.717) is 17.9 Å². The van der Waals surface area contributed by atoms with E-state index in [1.54, 1.807) is 13.2 Å². The quantitative estimate of drug-likeness (QED) is 0.759. The molecular weight excluding hydrogens is 282 g/mol. The number of carbonyl (C=O) groups excluding carboxylic acids is 2. The minimum Gasteiger partial charge on any atom is -0.496 e. The maximum Gasteiger partial charge on any atom is 0.268 e. The summed E-state index contributed by atoms with van der Waals surface area (Å²) in [5.41, 5.74) is 6.51. The molecule has 0 aliphatic heterocycles. The summed E-state index contributed by atoms with van der Waals surface area (Å²) >= 11 is 0. The number of rotatable bonds is 6. The summed E-state index contributed by atoms with van der Waals surface area (Å²) < 4.78 is 5.27. The molecule has 1 heterocycles. The molecule has 0 aliphatic rings. The molecule has 4 N–H and O–H groups in total. The molecule has 0 radical (unpaired) electrons. The molecular formula is C16H21N3O3. The molecule has 118 valence electrons. The van der Waals surface area contributed by atoms with Crippen LogP contribution in [-0.2, 0) is 4.79 Å². The van der Waals surface area contributed by atoms with Gasteiger partial charge in [0.1, 0.15) is 17.5 Å². The zero-order valence-electron chi connectivity index (χ0n) is 13.0. The molecule has 0 saturated carbocycles. The van der Waals surface area contributed by atoms with Crippen molar-refractivity contribution >= 4 is 22.7 Å². The van der Waals surface area contributed by atoms with Gasteiger partial charge >= 0.3 is 0 Å². The monoisotopic (exact) mass is 303 g/mol. The van der Waals surface area contributed by atoms with E-state index in [1.165, 1.54) is 0 Å². The highest BCUT2D eigenvalue weighted by atomic mass is 16.5. The molecule has 0 spiro atoms. The van der Waals surface area contributed by atoms with Crippen LogP contribution in [0.5, 0.6) is 5.75 Å². The molecule has 2 rings (SSSR count). The summed E-state index contributed by atoms with van der Waals surface area (Å²) in [4.78, 5) is 26.8. The molecule has 2 aromatic rings. The first-order valence-corrected chi connectivity index (χ1v) is 7.18. The van der Waals surface area contributed by atoms with Crippen LogP contribution in [0.2, 0.25) is 0 Å². The molecule has 0 bridgehead atoms. The maximum absolute atomic E-state index is 12.3. The first-order valence-electron chi connectivity index (χ1n) is 7.18. The van der Waals surface area contributed by atoms with Gasteiger partial charge in [-0.3, -0.25) is 9.59 Å². The van der Waals surface area contributed by atoms with Crippen molar-refractivity contribution in [2.24, 2.45) is 11.7 Å². The predicted molar refractivity (Wildman–Crippen MR) is 84.8 cm³/mol. The summed E-state index contributed by atoms with van der Waals surface area (Å²) in [6.07, 6.45) is 0.505. The van der Waals surface area contributed by atoms with Crippen molar-refractivity contribution in [1.82, 2.24) is 10.3 Å². The van der Waals surface area contributed by atoms with E-state index in [-0.39, 0.29) is 11.8 Å². The van der Waals surface area contributed by atoms with E-state index < -0.39 is 11.9 Å². The standard InChI is InChI=1S/C16H21N3O3/c1-9(2)7-12(15(17)20)19-16(21)13-8-10-11(18-13)5-4-6-14(10)22-3/h4-6,8-9,12,18H,7H2,1-3H3,(H2,17,20)(H,19,21)/t12-/m0/s1. The highest BCUT2D eigenvalue weighted by Gasteiger charge is 2.21. The summed E-state index contributed by atoms with van der Waals surface area (Å²) in [6, 6.07) is 6.54. The first kappa shape index (κ1) is 15.9. The van der Waals surface area contributed by atoms with Crippen LogP contribution in [0.15, 0.2) is 24.3 Å². The Hall–Kier alpha value is -2.50. The Morgan fingerprint density at radius 1 is 1.36 bits per heavy atom. The van der Waals surface area contributed by atoms with Crippen molar-refractivity contribution in [3.8, 4) is 5.75 Å². The van der Waals surface area contributed by atoms with Gasteiger partial charge in [0, 0.05) is 10.9 Å². The first-order chi connectivity index (χ1) is 10.4. The van der Waals surface area contributed by atoms with Crippen LogP contribution < -0.4 is 15.8 Å². The second-order valence-electron chi connectivity index (χ2n) is 5.66. The van der Waals surface area contributed by atoms with E-state index in [1.807, 2.05) is 32.0 Å². The van der Waals surface area contributed by atoms with E-state index in [2.05, 4.69) is 10.3 Å². The topological polar surface area (TPSA) is 97.2 Å². The number of benzene rings is 1. The largest absolute Gasteiger partial charge is 0.496 e. The Kier molecular flexibility index (Phi) is 4.70. The number of aromatic amines is 1. The van der Waals surface area contributed by atoms with Gasteiger partial charge in [0.15, 0.2) is 0 Å². The van der Waals surface area contributed by atoms with Crippen LogP contribution in [0.3, 0.4) is 0 Å². The second-order valence-corrected chi connectivity index (χ2v) is 5.66. The Morgan fingerprint density at radius 3 is 2.68 bits per heavy atom. The van der Waals surface area contributed by atoms with Crippen LogP contribution in [-0.4, -0.2) is 29.9 Å². The minimum atomic E-state index is -0.680. The summed E-state index contributed by atoms with van der Waals surface area (Å²) in [5.74, 6) is 0.0421. The number of nitrogens with two attached hydrogens (primary N) is 1. The van der Waals surface area contributed by atoms with Crippen LogP contribution >= 0.6 is 0 Å². The lowest BCUT2D eigenvalue weighted by molar-refractivity contribution is -0.120. The Morgan fingerprint density at radius 2 is 2.09 bits per heavy atom. The van der Waals surface area contributed by atoms with Crippen LogP contribution in [0.25, 0.3) is 10.9 Å². The fourth-order valence-corrected chi connectivity index (χ4v) is 2.38. The molecule has 6 heteroatoms. The van der Waals surface area contributed by atoms with E-state index in [9.17, 15) is 9.59 Å². The molecule has 0 saturated heterocycles. The number of hydrogen-bond donors (Lipinski definition) is 3. The molecule has 2 amide bonds. The third-order valence-corrected chi connectivity index (χ3v) is 3.44. The Labute approximate surface area is 129 Å². The number of aromatic nitrogens is 1. The van der Waals surface area contributed by atoms with Crippen molar-refractivity contribution in [3.05, 3.63) is 30.0 Å². The van der Waals surface area contributed by atoms with Crippen LogP contribution in [0.4, 0.5) is 0 Å². The summed E-state index contributed by atoms with van der Waals surface area (Å²) in [6.45, 7) is 3.94. The third kappa shape index (κ3) is 3.39. The van der Waals surface area contributed by atoms with Crippen molar-refractivity contribution in [1.29, 1.82) is 0 Å². The lowest BCUT2D eigenvalue weighted by Gasteiger charge is -2.16. The summed E-state index contributed by atoms with van der Waals surface area (Å²) in [5, 5.41) is 3.49. The van der Waals surface area contributed by atoms with Gasteiger partial charge in [-0.15, -0.1) is 0 Å². The highest BCUT2D eigenvalue weighted by Crippen LogP contribution is 2.26. The lowest BCUT2D eigenvalue weighted by Crippen LogP contribution is -2.45. The average Bonchev–Trinajstić information content (AvgIpc) is 2.89. The Balaban J connectivity index is 2.23. The molecule has 0 fully saturated rings. The van der Waals surface area contributed by atoms with E-state index >= 15 is 0 Å². The molecule has 22 heavy (non-hydrogen) atoms. The number of hydrogen-bond acceptors (Lipinski definition) is 3. The number of fused-ring (bicyclic) bond motifs is 1. The normalized spacial score (nSPS) is 12.4. The van der Waals surface area contributed by atoms with Gasteiger partial charge in [0.25, 0.3) is 5.91 Å². The van der Waals surface area contributed by atoms with Gasteiger partial charge in [0.05, 0.1) is 7.11 Å². The third-order valence-electron chi connectivity index (χ3n) is 3.44. The predicted octanol–water partition coefficient (Wildman–Crippen LogP) is 1.81. The molecule has 1 aromatic carbocycles. The van der Waals surface area contributed by atoms with Crippen molar-refractivity contribution in [2.75, 3.05) is 7.11 Å². The number of primary amides is 1. The number of carbonyl (C=O) groups is 2. The fourth-order valence-electron chi connectivity index (χ4n) is 2.38. The smallest absolute Gasteiger partial charge is 0.268 e. The van der Waals surface area contributed by atoms with Crippen LogP contribution in [0.1, 0.15) is 30.8 Å². The van der Waals surface area contributed by atoms with Crippen molar-refractivity contribution < 1.29 is 14.3 Å². The zero-order chi connectivity index (χ0) is 16.3. The number of ether oxygens (including phenoxy) is 1. The SMILES string of the molecule is COc1cccc2[nH]c(C(=O)N[C@@H](CC(C)C)C(N)=O)cc12. The van der Waals surface area contributed by atoms with Crippen molar-refractivity contribution in [2.45, 2.75) is 26.3 Å². The van der Waals surface area contributed by atoms with Gasteiger partial charge in [-0.1, -0.05) is 19.9 Å². The molecule has 1 aromatic heterocycles. The zero-order valence-corrected chi connectivity index (χ0v) is 13.0. The van der Waals surface area contributed by atoms with E-state index in [0.717, 1.165) is 10.9 Å². The number of nitrogens with one attached hydrogen (secondary N) is 2. The van der Waals surface area contributed by atoms with Gasteiger partial charge in [-0.05, 0) is 30.5 Å². The number of methoxy groups -OCH3 is 1. The van der Waals surface area contributed by atoms with Gasteiger partial charge < -0.3 is 20.8 Å². The lowest BCUT2D eigenvalue weighted by atomic mass is 10.0.